The third kappa shape index (κ3) is 11.9. The van der Waals surface area contributed by atoms with Crippen LogP contribution in [0.4, 0.5) is 0 Å². The average Bonchev–Trinajstić information content (AvgIpc) is 2.84. The minimum absolute atomic E-state index is 0.366. The molecule has 0 saturated heterocycles. The molecule has 1 aliphatic rings. The van der Waals surface area contributed by atoms with Crippen molar-refractivity contribution in [3.05, 3.63) is 11.6 Å². The van der Waals surface area contributed by atoms with Gasteiger partial charge >= 0.3 is 0 Å². The summed E-state index contributed by atoms with van der Waals surface area (Å²) in [6, 6.07) is 0. The van der Waals surface area contributed by atoms with Gasteiger partial charge in [-0.2, -0.15) is 0 Å². The SMILES string of the molecule is COCCCCCCC[C@H]1[C@H](CC=C(C)C)[C@H](O[Si](C)(C)C)C[C@@H]1O[Si](C)(C)C. The van der Waals surface area contributed by atoms with Gasteiger partial charge in [0.2, 0.25) is 0 Å². The molecule has 172 valence electrons. The number of allylic oxidation sites excluding steroid dienone is 2. The summed E-state index contributed by atoms with van der Waals surface area (Å²) in [5, 5.41) is 0. The lowest BCUT2D eigenvalue weighted by atomic mass is 9.86. The standard InChI is InChI=1S/C24H50O3Si2/c1-20(2)16-17-22-21(15-13-11-10-12-14-18-25-3)23(26-28(4,5)6)19-24(22)27-29(7,8)9/h16,21-24H,10-15,17-19H2,1-9H3/t21-,22-,23-,24+/m0/s1. The minimum atomic E-state index is -1.57. The smallest absolute Gasteiger partial charge is 0.184 e. The summed E-state index contributed by atoms with van der Waals surface area (Å²) in [4.78, 5) is 0. The molecule has 1 rings (SSSR count). The van der Waals surface area contributed by atoms with Crippen LogP contribution in [0.3, 0.4) is 0 Å². The minimum Gasteiger partial charge on any atom is -0.414 e. The Labute approximate surface area is 184 Å². The second-order valence-corrected chi connectivity index (χ2v) is 20.1. The largest absolute Gasteiger partial charge is 0.414 e. The first kappa shape index (κ1) is 27.1. The highest BCUT2D eigenvalue weighted by atomic mass is 28.4. The van der Waals surface area contributed by atoms with Crippen LogP contribution in [-0.4, -0.2) is 42.6 Å². The normalized spacial score (nSPS) is 25.4. The van der Waals surface area contributed by atoms with E-state index in [4.69, 9.17) is 13.6 Å². The molecule has 4 atom stereocenters. The Morgan fingerprint density at radius 1 is 0.793 bits per heavy atom. The molecule has 0 aromatic carbocycles. The predicted octanol–water partition coefficient (Wildman–Crippen LogP) is 7.41. The van der Waals surface area contributed by atoms with E-state index in [1.807, 2.05) is 0 Å². The van der Waals surface area contributed by atoms with Gasteiger partial charge in [0, 0.05) is 13.7 Å². The maximum atomic E-state index is 6.74. The lowest BCUT2D eigenvalue weighted by Gasteiger charge is -2.31. The van der Waals surface area contributed by atoms with Gasteiger partial charge in [0.25, 0.3) is 0 Å². The molecule has 29 heavy (non-hydrogen) atoms. The molecule has 5 heteroatoms. The molecule has 1 fully saturated rings. The van der Waals surface area contributed by atoms with Gasteiger partial charge in [0.1, 0.15) is 0 Å². The van der Waals surface area contributed by atoms with Crippen LogP contribution in [0.15, 0.2) is 11.6 Å². The van der Waals surface area contributed by atoms with E-state index in [2.05, 4.69) is 59.2 Å². The van der Waals surface area contributed by atoms with Crippen LogP contribution < -0.4 is 0 Å². The van der Waals surface area contributed by atoms with Crippen LogP contribution in [-0.2, 0) is 13.6 Å². The first-order chi connectivity index (χ1) is 13.4. The highest BCUT2D eigenvalue weighted by Crippen LogP contribution is 2.43. The van der Waals surface area contributed by atoms with E-state index in [1.165, 1.54) is 44.1 Å². The predicted molar refractivity (Wildman–Crippen MR) is 132 cm³/mol. The van der Waals surface area contributed by atoms with E-state index in [0.717, 1.165) is 19.4 Å². The van der Waals surface area contributed by atoms with Gasteiger partial charge in [-0.05, 0) is 90.6 Å². The molecule has 0 aliphatic heterocycles. The molecule has 0 bridgehead atoms. The summed E-state index contributed by atoms with van der Waals surface area (Å²) in [7, 11) is -1.35. The van der Waals surface area contributed by atoms with E-state index in [0.29, 0.717) is 24.0 Å². The van der Waals surface area contributed by atoms with Crippen molar-refractivity contribution in [1.82, 2.24) is 0 Å². The van der Waals surface area contributed by atoms with Crippen molar-refractivity contribution >= 4 is 16.6 Å². The van der Waals surface area contributed by atoms with E-state index >= 15 is 0 Å². The van der Waals surface area contributed by atoms with E-state index in [1.54, 1.807) is 7.11 Å². The Balaban J connectivity index is 2.82. The summed E-state index contributed by atoms with van der Waals surface area (Å²) in [5.74, 6) is 1.24. The maximum Gasteiger partial charge on any atom is 0.184 e. The number of methoxy groups -OCH3 is 1. The Bertz CT molecular complexity index is 475. The number of ether oxygens (including phenoxy) is 1. The summed E-state index contributed by atoms with van der Waals surface area (Å²) < 4.78 is 18.6. The van der Waals surface area contributed by atoms with Crippen molar-refractivity contribution in [1.29, 1.82) is 0 Å². The lowest BCUT2D eigenvalue weighted by Crippen LogP contribution is -2.35. The van der Waals surface area contributed by atoms with Gasteiger partial charge < -0.3 is 13.6 Å². The summed E-state index contributed by atoms with van der Waals surface area (Å²) >= 11 is 0. The van der Waals surface area contributed by atoms with Gasteiger partial charge in [0.15, 0.2) is 16.6 Å². The fourth-order valence-electron chi connectivity index (χ4n) is 4.56. The molecular weight excluding hydrogens is 392 g/mol. The third-order valence-corrected chi connectivity index (χ3v) is 7.68. The van der Waals surface area contributed by atoms with Crippen LogP contribution >= 0.6 is 0 Å². The number of rotatable bonds is 14. The maximum absolute atomic E-state index is 6.74. The molecule has 0 heterocycles. The van der Waals surface area contributed by atoms with Crippen LogP contribution in [0.2, 0.25) is 39.3 Å². The van der Waals surface area contributed by atoms with Crippen molar-refractivity contribution < 1.29 is 13.6 Å². The Kier molecular flexibility index (Phi) is 12.0. The molecule has 0 radical (unpaired) electrons. The zero-order chi connectivity index (χ0) is 22.1. The van der Waals surface area contributed by atoms with Crippen LogP contribution in [0.1, 0.15) is 65.2 Å². The molecule has 0 aromatic rings. The molecular formula is C24H50O3Si2. The molecule has 1 saturated carbocycles. The summed E-state index contributed by atoms with van der Waals surface area (Å²) in [5.41, 5.74) is 1.42. The quantitative estimate of drug-likeness (QED) is 0.159. The van der Waals surface area contributed by atoms with Gasteiger partial charge in [-0.3, -0.25) is 0 Å². The Morgan fingerprint density at radius 2 is 1.31 bits per heavy atom. The first-order valence-electron chi connectivity index (χ1n) is 11.9. The number of unbranched alkanes of at least 4 members (excludes halogenated alkanes) is 4. The summed E-state index contributed by atoms with van der Waals surface area (Å²) in [6.07, 6.45) is 13.1. The summed E-state index contributed by atoms with van der Waals surface area (Å²) in [6.45, 7) is 19.3. The van der Waals surface area contributed by atoms with Gasteiger partial charge in [-0.1, -0.05) is 37.3 Å². The molecule has 0 unspecified atom stereocenters. The first-order valence-corrected chi connectivity index (χ1v) is 18.7. The average molecular weight is 443 g/mol. The van der Waals surface area contributed by atoms with Crippen molar-refractivity contribution in [3.8, 4) is 0 Å². The van der Waals surface area contributed by atoms with Gasteiger partial charge in [-0.15, -0.1) is 0 Å². The van der Waals surface area contributed by atoms with Crippen LogP contribution in [0.25, 0.3) is 0 Å². The third-order valence-electron chi connectivity index (χ3n) is 5.66. The van der Waals surface area contributed by atoms with E-state index in [9.17, 15) is 0 Å². The highest BCUT2D eigenvalue weighted by Gasteiger charge is 2.45. The van der Waals surface area contributed by atoms with E-state index in [-0.39, 0.29) is 0 Å². The molecule has 0 aromatic heterocycles. The molecule has 0 spiro atoms. The topological polar surface area (TPSA) is 27.7 Å². The van der Waals surface area contributed by atoms with Crippen LogP contribution in [0, 0.1) is 11.8 Å². The van der Waals surface area contributed by atoms with Crippen molar-refractivity contribution in [2.24, 2.45) is 11.8 Å². The molecule has 0 amide bonds. The fourth-order valence-corrected chi connectivity index (χ4v) is 6.92. The molecule has 3 nitrogen and oxygen atoms in total. The van der Waals surface area contributed by atoms with Crippen molar-refractivity contribution in [2.45, 2.75) is 117 Å². The van der Waals surface area contributed by atoms with Crippen molar-refractivity contribution in [3.63, 3.8) is 0 Å². The second kappa shape index (κ2) is 12.8. The zero-order valence-corrected chi connectivity index (χ0v) is 23.0. The number of hydrogen-bond donors (Lipinski definition) is 0. The van der Waals surface area contributed by atoms with E-state index < -0.39 is 16.6 Å². The second-order valence-electron chi connectivity index (χ2n) is 11.2. The number of hydrogen-bond acceptors (Lipinski definition) is 3. The lowest BCUT2D eigenvalue weighted by molar-refractivity contribution is 0.122. The van der Waals surface area contributed by atoms with Crippen LogP contribution in [0.5, 0.6) is 0 Å². The van der Waals surface area contributed by atoms with Gasteiger partial charge in [-0.25, -0.2) is 0 Å². The monoisotopic (exact) mass is 442 g/mol. The van der Waals surface area contributed by atoms with Crippen molar-refractivity contribution in [2.75, 3.05) is 13.7 Å². The Morgan fingerprint density at radius 3 is 1.83 bits per heavy atom. The fraction of sp³-hybridized carbons (Fsp3) is 0.917. The zero-order valence-electron chi connectivity index (χ0n) is 21.0. The van der Waals surface area contributed by atoms with Gasteiger partial charge in [0.05, 0.1) is 12.2 Å². The molecule has 1 aliphatic carbocycles. The Hall–Kier alpha value is 0.0538. The molecule has 0 N–H and O–H groups in total. The highest BCUT2D eigenvalue weighted by molar-refractivity contribution is 6.70.